The van der Waals surface area contributed by atoms with Crippen molar-refractivity contribution in [2.24, 2.45) is 0 Å². The minimum atomic E-state index is -4.08. The van der Waals surface area contributed by atoms with Gasteiger partial charge in [-0.05, 0) is 33.0 Å². The first kappa shape index (κ1) is 14.1. The Balaban J connectivity index is 2.05. The van der Waals surface area contributed by atoms with Crippen LogP contribution in [0.3, 0.4) is 0 Å². The largest absolute Gasteiger partial charge is 0.401 e. The lowest BCUT2D eigenvalue weighted by molar-refractivity contribution is -0.142. The van der Waals surface area contributed by atoms with E-state index in [0.29, 0.717) is 11.8 Å². The van der Waals surface area contributed by atoms with Crippen LogP contribution in [0.15, 0.2) is 0 Å². The van der Waals surface area contributed by atoms with E-state index in [1.54, 1.807) is 11.8 Å². The Kier molecular flexibility index (Phi) is 5.92. The fraction of sp³-hybridized carbons (Fsp3) is 1.00. The molecule has 0 atom stereocenters. The minimum Gasteiger partial charge on any atom is -0.317 e. The van der Waals surface area contributed by atoms with Gasteiger partial charge in [0.1, 0.15) is 0 Å². The molecule has 0 unspecified atom stereocenters. The molecule has 6 heteroatoms. The molecular formula is C10H19F3N2S. The minimum absolute atomic E-state index is 0.508. The van der Waals surface area contributed by atoms with Crippen molar-refractivity contribution in [1.29, 1.82) is 0 Å². The zero-order valence-electron chi connectivity index (χ0n) is 9.52. The summed E-state index contributed by atoms with van der Waals surface area (Å²) in [7, 11) is 1.52. The number of rotatable bonds is 5. The average Bonchev–Trinajstić information content (AvgIpc) is 2.16. The average molecular weight is 256 g/mol. The van der Waals surface area contributed by atoms with Crippen molar-refractivity contribution >= 4 is 11.8 Å². The fourth-order valence-corrected chi connectivity index (χ4v) is 3.04. The summed E-state index contributed by atoms with van der Waals surface area (Å²) < 4.78 is 36.1. The molecule has 0 aromatic heterocycles. The smallest absolute Gasteiger partial charge is 0.317 e. The van der Waals surface area contributed by atoms with Crippen LogP contribution in [0.2, 0.25) is 0 Å². The van der Waals surface area contributed by atoms with Crippen LogP contribution in [-0.2, 0) is 0 Å². The van der Waals surface area contributed by atoms with Crippen molar-refractivity contribution in [2.45, 2.75) is 24.3 Å². The van der Waals surface area contributed by atoms with Crippen LogP contribution < -0.4 is 5.32 Å². The number of hydrogen-bond donors (Lipinski definition) is 1. The van der Waals surface area contributed by atoms with E-state index in [0.717, 1.165) is 31.7 Å². The Morgan fingerprint density at radius 3 is 2.50 bits per heavy atom. The van der Waals surface area contributed by atoms with Gasteiger partial charge in [-0.15, -0.1) is 0 Å². The lowest BCUT2D eigenvalue weighted by Crippen LogP contribution is -2.33. The first-order valence-corrected chi connectivity index (χ1v) is 6.60. The summed E-state index contributed by atoms with van der Waals surface area (Å²) in [6, 6.07) is 0. The van der Waals surface area contributed by atoms with E-state index in [1.807, 2.05) is 0 Å². The SMILES string of the molecule is CN(CCSC1CCNCC1)CC(F)(F)F. The van der Waals surface area contributed by atoms with E-state index in [4.69, 9.17) is 0 Å². The third-order valence-corrected chi connectivity index (χ3v) is 3.92. The maximum absolute atomic E-state index is 12.0. The van der Waals surface area contributed by atoms with E-state index in [9.17, 15) is 13.2 Å². The van der Waals surface area contributed by atoms with Crippen molar-refractivity contribution in [3.8, 4) is 0 Å². The van der Waals surface area contributed by atoms with Crippen molar-refractivity contribution in [1.82, 2.24) is 10.2 Å². The Morgan fingerprint density at radius 1 is 1.31 bits per heavy atom. The number of nitrogens with zero attached hydrogens (tertiary/aromatic N) is 1. The van der Waals surface area contributed by atoms with Crippen LogP contribution in [0.5, 0.6) is 0 Å². The van der Waals surface area contributed by atoms with Gasteiger partial charge in [-0.2, -0.15) is 24.9 Å². The second-order valence-electron chi connectivity index (χ2n) is 4.17. The zero-order valence-corrected chi connectivity index (χ0v) is 10.3. The molecule has 1 aliphatic heterocycles. The second-order valence-corrected chi connectivity index (χ2v) is 5.58. The molecule has 0 saturated carbocycles. The van der Waals surface area contributed by atoms with Gasteiger partial charge in [0.15, 0.2) is 0 Å². The fourth-order valence-electron chi connectivity index (χ4n) is 1.72. The molecule has 0 bridgehead atoms. The molecule has 0 amide bonds. The molecule has 2 nitrogen and oxygen atoms in total. The van der Waals surface area contributed by atoms with Gasteiger partial charge in [0, 0.05) is 17.5 Å². The lowest BCUT2D eigenvalue weighted by Gasteiger charge is -2.23. The molecule has 16 heavy (non-hydrogen) atoms. The Labute approximate surface area is 98.9 Å². The molecule has 0 spiro atoms. The number of piperidine rings is 1. The van der Waals surface area contributed by atoms with Gasteiger partial charge in [-0.1, -0.05) is 0 Å². The topological polar surface area (TPSA) is 15.3 Å². The Hall–Kier alpha value is 0.0600. The Morgan fingerprint density at radius 2 is 1.94 bits per heavy atom. The molecule has 0 aromatic rings. The summed E-state index contributed by atoms with van der Waals surface area (Å²) in [6.45, 7) is 1.78. The van der Waals surface area contributed by atoms with E-state index in [1.165, 1.54) is 11.9 Å². The third-order valence-electron chi connectivity index (χ3n) is 2.56. The highest BCUT2D eigenvalue weighted by molar-refractivity contribution is 7.99. The summed E-state index contributed by atoms with van der Waals surface area (Å²) in [5.74, 6) is 0.789. The number of nitrogens with one attached hydrogen (secondary N) is 1. The van der Waals surface area contributed by atoms with Crippen LogP contribution in [0.25, 0.3) is 0 Å². The molecule has 0 aliphatic carbocycles. The third kappa shape index (κ3) is 6.60. The van der Waals surface area contributed by atoms with Crippen molar-refractivity contribution in [3.63, 3.8) is 0 Å². The predicted octanol–water partition coefficient (Wildman–Crippen LogP) is 1.97. The van der Waals surface area contributed by atoms with E-state index >= 15 is 0 Å². The predicted molar refractivity (Wildman–Crippen MR) is 61.9 cm³/mol. The molecular weight excluding hydrogens is 237 g/mol. The number of thioether (sulfide) groups is 1. The molecule has 1 rings (SSSR count). The maximum atomic E-state index is 12.0. The van der Waals surface area contributed by atoms with Crippen molar-refractivity contribution < 1.29 is 13.2 Å². The van der Waals surface area contributed by atoms with Gasteiger partial charge >= 0.3 is 6.18 Å². The van der Waals surface area contributed by atoms with Crippen LogP contribution >= 0.6 is 11.8 Å². The van der Waals surface area contributed by atoms with Gasteiger partial charge in [0.05, 0.1) is 6.54 Å². The standard InChI is InChI=1S/C10H19F3N2S/c1-15(8-10(11,12)13)6-7-16-9-2-4-14-5-3-9/h9,14H,2-8H2,1H3. The van der Waals surface area contributed by atoms with Crippen molar-refractivity contribution in [3.05, 3.63) is 0 Å². The van der Waals surface area contributed by atoms with E-state index in [2.05, 4.69) is 5.32 Å². The summed E-state index contributed by atoms with van der Waals surface area (Å²) in [4.78, 5) is 1.34. The Bertz CT molecular complexity index is 193. The first-order valence-electron chi connectivity index (χ1n) is 5.55. The van der Waals surface area contributed by atoms with Crippen LogP contribution in [0, 0.1) is 0 Å². The van der Waals surface area contributed by atoms with Crippen molar-refractivity contribution in [2.75, 3.05) is 39.0 Å². The molecule has 1 aliphatic rings. The van der Waals surface area contributed by atoms with Crippen LogP contribution in [-0.4, -0.2) is 55.3 Å². The number of halogens is 3. The normalized spacial score (nSPS) is 19.3. The second kappa shape index (κ2) is 6.71. The molecule has 0 radical (unpaired) electrons. The van der Waals surface area contributed by atoms with Gasteiger partial charge in [0.2, 0.25) is 0 Å². The molecule has 0 aromatic carbocycles. The zero-order chi connectivity index (χ0) is 12.0. The molecule has 96 valence electrons. The van der Waals surface area contributed by atoms with E-state index in [-0.39, 0.29) is 0 Å². The highest BCUT2D eigenvalue weighted by Crippen LogP contribution is 2.20. The van der Waals surface area contributed by atoms with Crippen LogP contribution in [0.1, 0.15) is 12.8 Å². The summed E-state index contributed by atoms with van der Waals surface area (Å²) in [5.41, 5.74) is 0. The lowest BCUT2D eigenvalue weighted by atomic mass is 10.2. The first-order chi connectivity index (χ1) is 7.47. The number of alkyl halides is 3. The quantitative estimate of drug-likeness (QED) is 0.809. The number of hydrogen-bond acceptors (Lipinski definition) is 3. The molecule has 1 fully saturated rings. The highest BCUT2D eigenvalue weighted by Gasteiger charge is 2.28. The van der Waals surface area contributed by atoms with E-state index < -0.39 is 12.7 Å². The monoisotopic (exact) mass is 256 g/mol. The van der Waals surface area contributed by atoms with Gasteiger partial charge < -0.3 is 5.32 Å². The summed E-state index contributed by atoms with van der Waals surface area (Å²) in [5, 5.41) is 3.90. The summed E-state index contributed by atoms with van der Waals surface area (Å²) >= 11 is 1.80. The summed E-state index contributed by atoms with van der Waals surface area (Å²) in [6.07, 6.45) is -1.81. The molecule has 1 saturated heterocycles. The molecule has 1 N–H and O–H groups in total. The van der Waals surface area contributed by atoms with Gasteiger partial charge in [-0.25, -0.2) is 0 Å². The highest BCUT2D eigenvalue weighted by atomic mass is 32.2. The maximum Gasteiger partial charge on any atom is 0.401 e. The van der Waals surface area contributed by atoms with Gasteiger partial charge in [-0.3, -0.25) is 4.90 Å². The van der Waals surface area contributed by atoms with Crippen LogP contribution in [0.4, 0.5) is 13.2 Å². The molecule has 1 heterocycles. The van der Waals surface area contributed by atoms with Gasteiger partial charge in [0.25, 0.3) is 0 Å².